The van der Waals surface area contributed by atoms with Crippen molar-refractivity contribution in [2.45, 2.75) is 76.7 Å². The van der Waals surface area contributed by atoms with Crippen molar-refractivity contribution < 1.29 is 19.2 Å². The second kappa shape index (κ2) is 13.8. The van der Waals surface area contributed by atoms with Gasteiger partial charge in [-0.3, -0.25) is 19.2 Å². The Morgan fingerprint density at radius 3 is 2.07 bits per heavy atom. The normalized spacial score (nSPS) is 21.7. The molecule has 2 heterocycles. The predicted molar refractivity (Wildman–Crippen MR) is 158 cm³/mol. The van der Waals surface area contributed by atoms with Crippen LogP contribution in [0.15, 0.2) is 60.7 Å². The molecule has 1 unspecified atom stereocenters. The van der Waals surface area contributed by atoms with Crippen LogP contribution < -0.4 is 16.0 Å². The van der Waals surface area contributed by atoms with E-state index >= 15 is 0 Å². The van der Waals surface area contributed by atoms with Crippen LogP contribution in [0, 0.1) is 5.92 Å². The van der Waals surface area contributed by atoms with Crippen LogP contribution in [-0.4, -0.2) is 77.7 Å². The van der Waals surface area contributed by atoms with E-state index < -0.39 is 18.1 Å². The number of benzene rings is 2. The van der Waals surface area contributed by atoms with Crippen molar-refractivity contribution in [3.63, 3.8) is 0 Å². The Kier molecular flexibility index (Phi) is 10.2. The average molecular weight is 562 g/mol. The predicted octanol–water partition coefficient (Wildman–Crippen LogP) is 2.62. The summed E-state index contributed by atoms with van der Waals surface area (Å²) < 4.78 is 0. The molecule has 0 bridgehead atoms. The minimum absolute atomic E-state index is 0.0250. The van der Waals surface area contributed by atoms with Gasteiger partial charge in [-0.05, 0) is 50.3 Å². The Labute approximate surface area is 243 Å². The first kappa shape index (κ1) is 30.2. The number of likely N-dealkylation sites (N-methyl/N-ethyl adjacent to an activating group) is 1. The van der Waals surface area contributed by atoms with Crippen LogP contribution in [0.4, 0.5) is 0 Å². The third-order valence-corrected chi connectivity index (χ3v) is 8.12. The number of hydrogen-bond acceptors (Lipinski definition) is 5. The summed E-state index contributed by atoms with van der Waals surface area (Å²) in [4.78, 5) is 57.4. The maximum Gasteiger partial charge on any atom is 0.247 e. The lowest BCUT2D eigenvalue weighted by molar-refractivity contribution is -0.147. The standard InChI is InChI=1S/C32H43N5O4/c1-21(2)19-28(38)36-18-17-25-15-16-27(37(25)32(41)26(20-36)34-30(39)22(3)33-4)31(40)35-29(23-11-7-5-8-12-23)24-13-9-6-10-14-24/h5-14,21-22,25-27,29,33H,15-20H2,1-4H3,(H,34,39)(H,35,40)/t22-,25+,26?,27-/m0/s1. The van der Waals surface area contributed by atoms with Crippen molar-refractivity contribution >= 4 is 23.6 Å². The minimum Gasteiger partial charge on any atom is -0.343 e. The van der Waals surface area contributed by atoms with Crippen LogP contribution in [0.5, 0.6) is 0 Å². The molecule has 0 aliphatic carbocycles. The molecule has 0 spiro atoms. The maximum absolute atomic E-state index is 14.1. The Hall–Kier alpha value is -3.72. The van der Waals surface area contributed by atoms with Gasteiger partial charge in [0, 0.05) is 25.6 Å². The van der Waals surface area contributed by atoms with Gasteiger partial charge in [-0.25, -0.2) is 0 Å². The second-order valence-electron chi connectivity index (χ2n) is 11.6. The molecule has 9 heteroatoms. The van der Waals surface area contributed by atoms with Gasteiger partial charge in [0.05, 0.1) is 12.1 Å². The summed E-state index contributed by atoms with van der Waals surface area (Å²) in [6, 6.07) is 16.9. The molecular weight excluding hydrogens is 518 g/mol. The minimum atomic E-state index is -0.940. The average Bonchev–Trinajstić information content (AvgIpc) is 3.39. The van der Waals surface area contributed by atoms with Crippen LogP contribution in [0.25, 0.3) is 0 Å². The molecule has 2 aromatic carbocycles. The fourth-order valence-corrected chi connectivity index (χ4v) is 5.76. The first-order valence-electron chi connectivity index (χ1n) is 14.7. The first-order chi connectivity index (χ1) is 19.7. The fraction of sp³-hybridized carbons (Fsp3) is 0.500. The largest absolute Gasteiger partial charge is 0.343 e. The number of rotatable bonds is 9. The molecule has 2 aliphatic rings. The fourth-order valence-electron chi connectivity index (χ4n) is 5.76. The van der Waals surface area contributed by atoms with E-state index in [1.807, 2.05) is 74.5 Å². The number of hydrogen-bond donors (Lipinski definition) is 3. The summed E-state index contributed by atoms with van der Waals surface area (Å²) in [5.74, 6) is -0.710. The summed E-state index contributed by atoms with van der Waals surface area (Å²) in [6.07, 6.45) is 2.15. The van der Waals surface area contributed by atoms with Gasteiger partial charge in [-0.2, -0.15) is 0 Å². The molecule has 0 radical (unpaired) electrons. The summed E-state index contributed by atoms with van der Waals surface area (Å²) in [7, 11) is 1.68. The smallest absolute Gasteiger partial charge is 0.247 e. The number of nitrogens with one attached hydrogen (secondary N) is 3. The molecule has 4 atom stereocenters. The highest BCUT2D eigenvalue weighted by Crippen LogP contribution is 2.31. The van der Waals surface area contributed by atoms with Crippen molar-refractivity contribution in [2.24, 2.45) is 5.92 Å². The molecule has 2 aromatic rings. The van der Waals surface area contributed by atoms with E-state index in [-0.39, 0.29) is 48.2 Å². The maximum atomic E-state index is 14.1. The third kappa shape index (κ3) is 7.33. The second-order valence-corrected chi connectivity index (χ2v) is 11.6. The zero-order chi connectivity index (χ0) is 29.5. The molecular formula is C32H43N5O4. The number of fused-ring (bicyclic) bond motifs is 1. The first-order valence-corrected chi connectivity index (χ1v) is 14.7. The SMILES string of the molecule is CN[C@@H](C)C(=O)NC1CN(C(=O)CC(C)C)CC[C@H]2CC[C@@H](C(=O)NC(c3ccccc3)c3ccccc3)N2C1=O. The van der Waals surface area contributed by atoms with Crippen molar-refractivity contribution in [1.82, 2.24) is 25.8 Å². The number of carbonyl (C=O) groups excluding carboxylic acids is 4. The monoisotopic (exact) mass is 561 g/mol. The van der Waals surface area contributed by atoms with Crippen molar-refractivity contribution in [1.29, 1.82) is 0 Å². The molecule has 2 fully saturated rings. The molecule has 2 saturated heterocycles. The molecule has 0 aromatic heterocycles. The zero-order valence-electron chi connectivity index (χ0n) is 24.5. The Balaban J connectivity index is 1.60. The highest BCUT2D eigenvalue weighted by atomic mass is 16.2. The van der Waals surface area contributed by atoms with Gasteiger partial charge in [0.2, 0.25) is 23.6 Å². The van der Waals surface area contributed by atoms with E-state index in [1.54, 1.807) is 23.8 Å². The highest BCUT2D eigenvalue weighted by Gasteiger charge is 2.46. The van der Waals surface area contributed by atoms with Crippen LogP contribution in [0.2, 0.25) is 0 Å². The van der Waals surface area contributed by atoms with Gasteiger partial charge >= 0.3 is 0 Å². The number of amides is 4. The summed E-state index contributed by atoms with van der Waals surface area (Å²) >= 11 is 0. The van der Waals surface area contributed by atoms with Crippen molar-refractivity contribution in [3.05, 3.63) is 71.8 Å². The van der Waals surface area contributed by atoms with Gasteiger partial charge in [0.1, 0.15) is 12.1 Å². The van der Waals surface area contributed by atoms with Crippen LogP contribution >= 0.6 is 0 Å². The van der Waals surface area contributed by atoms with Gasteiger partial charge < -0.3 is 25.8 Å². The quantitative estimate of drug-likeness (QED) is 0.436. The van der Waals surface area contributed by atoms with Gasteiger partial charge in [0.15, 0.2) is 0 Å². The van der Waals surface area contributed by atoms with Gasteiger partial charge in [0.25, 0.3) is 0 Å². The van der Waals surface area contributed by atoms with E-state index in [0.29, 0.717) is 32.2 Å². The molecule has 4 amide bonds. The van der Waals surface area contributed by atoms with Crippen LogP contribution in [0.3, 0.4) is 0 Å². The molecule has 3 N–H and O–H groups in total. The van der Waals surface area contributed by atoms with Gasteiger partial charge in [-0.1, -0.05) is 74.5 Å². The van der Waals surface area contributed by atoms with Crippen molar-refractivity contribution in [3.8, 4) is 0 Å². The Morgan fingerprint density at radius 2 is 1.51 bits per heavy atom. The third-order valence-electron chi connectivity index (χ3n) is 8.12. The van der Waals surface area contributed by atoms with Crippen LogP contribution in [0.1, 0.15) is 63.6 Å². The van der Waals surface area contributed by atoms with E-state index in [9.17, 15) is 19.2 Å². The topological polar surface area (TPSA) is 111 Å². The van der Waals surface area contributed by atoms with E-state index in [4.69, 9.17) is 0 Å². The number of carbonyl (C=O) groups is 4. The van der Waals surface area contributed by atoms with Crippen molar-refractivity contribution in [2.75, 3.05) is 20.1 Å². The lowest BCUT2D eigenvalue weighted by atomic mass is 9.98. The zero-order valence-corrected chi connectivity index (χ0v) is 24.5. The molecule has 2 aliphatic heterocycles. The lowest BCUT2D eigenvalue weighted by Gasteiger charge is -2.39. The summed E-state index contributed by atoms with van der Waals surface area (Å²) in [5, 5.41) is 8.99. The lowest BCUT2D eigenvalue weighted by Crippen LogP contribution is -2.62. The van der Waals surface area contributed by atoms with Crippen LogP contribution in [-0.2, 0) is 19.2 Å². The van der Waals surface area contributed by atoms with E-state index in [1.165, 1.54) is 0 Å². The summed E-state index contributed by atoms with van der Waals surface area (Å²) in [6.45, 7) is 6.24. The highest BCUT2D eigenvalue weighted by molar-refractivity contribution is 5.94. The van der Waals surface area contributed by atoms with Gasteiger partial charge in [-0.15, -0.1) is 0 Å². The molecule has 0 saturated carbocycles. The Bertz CT molecular complexity index is 1170. The Morgan fingerprint density at radius 1 is 0.902 bits per heavy atom. The number of nitrogens with zero attached hydrogens (tertiary/aromatic N) is 2. The summed E-state index contributed by atoms with van der Waals surface area (Å²) in [5.41, 5.74) is 1.90. The molecule has 9 nitrogen and oxygen atoms in total. The van der Waals surface area contributed by atoms with E-state index in [2.05, 4.69) is 16.0 Å². The molecule has 41 heavy (non-hydrogen) atoms. The van der Waals surface area contributed by atoms with E-state index in [0.717, 1.165) is 11.1 Å². The molecule has 4 rings (SSSR count). The molecule has 220 valence electrons.